The highest BCUT2D eigenvalue weighted by Crippen LogP contribution is 2.30. The average molecular weight is 281 g/mol. The molecule has 0 unspecified atom stereocenters. The van der Waals surface area contributed by atoms with E-state index in [-0.39, 0.29) is 5.46 Å². The Labute approximate surface area is 113 Å². The third kappa shape index (κ3) is 2.83. The first kappa shape index (κ1) is 14.6. The molecule has 0 amide bonds. The molecule has 0 atom stereocenters. The van der Waals surface area contributed by atoms with Gasteiger partial charge in [-0.05, 0) is 36.1 Å². The molecular weight excluding hydrogens is 270 g/mol. The van der Waals surface area contributed by atoms with Crippen LogP contribution < -0.4 is 5.46 Å². The Kier molecular flexibility index (Phi) is 3.83. The van der Waals surface area contributed by atoms with Crippen LogP contribution in [0.1, 0.15) is 11.1 Å². The molecule has 20 heavy (non-hydrogen) atoms. The van der Waals surface area contributed by atoms with Gasteiger partial charge in [-0.2, -0.15) is 13.2 Å². The second kappa shape index (κ2) is 5.26. The molecule has 1 heterocycles. The fraction of sp³-hybridized carbons (Fsp3) is 0.154. The Morgan fingerprint density at radius 1 is 1.05 bits per heavy atom. The molecular formula is C13H11BF3NO2. The minimum absolute atomic E-state index is 0.273. The molecule has 0 spiro atoms. The molecule has 0 saturated heterocycles. The quantitative estimate of drug-likeness (QED) is 0.825. The monoisotopic (exact) mass is 281 g/mol. The van der Waals surface area contributed by atoms with Crippen LogP contribution in [0.15, 0.2) is 36.5 Å². The number of benzene rings is 1. The SMILES string of the molecule is Cc1c(B(O)O)ccnc1-c1ccc(C(F)(F)F)cc1. The third-order valence-electron chi connectivity index (χ3n) is 3.01. The van der Waals surface area contributed by atoms with E-state index in [0.717, 1.165) is 12.1 Å². The second-order valence-corrected chi connectivity index (χ2v) is 4.32. The van der Waals surface area contributed by atoms with Crippen LogP contribution in [0.3, 0.4) is 0 Å². The van der Waals surface area contributed by atoms with Crippen LogP contribution in [0.4, 0.5) is 13.2 Å². The van der Waals surface area contributed by atoms with Crippen LogP contribution in [-0.4, -0.2) is 22.2 Å². The van der Waals surface area contributed by atoms with E-state index in [2.05, 4.69) is 4.98 Å². The molecule has 0 aliphatic heterocycles. The van der Waals surface area contributed by atoms with Crippen LogP contribution in [0, 0.1) is 6.92 Å². The highest BCUT2D eigenvalue weighted by molar-refractivity contribution is 6.59. The molecule has 0 fully saturated rings. The fourth-order valence-corrected chi connectivity index (χ4v) is 1.94. The number of aromatic nitrogens is 1. The lowest BCUT2D eigenvalue weighted by atomic mass is 9.77. The molecule has 104 valence electrons. The Morgan fingerprint density at radius 3 is 2.15 bits per heavy atom. The van der Waals surface area contributed by atoms with Gasteiger partial charge in [0, 0.05) is 11.8 Å². The molecule has 1 aromatic carbocycles. The first-order chi connectivity index (χ1) is 9.30. The van der Waals surface area contributed by atoms with Gasteiger partial charge in [0.2, 0.25) is 0 Å². The Hall–Kier alpha value is -1.86. The summed E-state index contributed by atoms with van der Waals surface area (Å²) >= 11 is 0. The maximum absolute atomic E-state index is 12.5. The van der Waals surface area contributed by atoms with Crippen molar-refractivity contribution in [3.8, 4) is 11.3 Å². The summed E-state index contributed by atoms with van der Waals surface area (Å²) in [7, 11) is -1.65. The minimum atomic E-state index is -4.38. The van der Waals surface area contributed by atoms with Gasteiger partial charge in [0.15, 0.2) is 0 Å². The van der Waals surface area contributed by atoms with E-state index in [9.17, 15) is 23.2 Å². The van der Waals surface area contributed by atoms with Gasteiger partial charge in [-0.3, -0.25) is 4.98 Å². The van der Waals surface area contributed by atoms with E-state index in [1.807, 2.05) is 0 Å². The van der Waals surface area contributed by atoms with Crippen molar-refractivity contribution < 1.29 is 23.2 Å². The zero-order valence-electron chi connectivity index (χ0n) is 10.5. The van der Waals surface area contributed by atoms with E-state index < -0.39 is 18.9 Å². The largest absolute Gasteiger partial charge is 0.488 e. The number of hydrogen-bond donors (Lipinski definition) is 2. The molecule has 0 bridgehead atoms. The minimum Gasteiger partial charge on any atom is -0.423 e. The highest BCUT2D eigenvalue weighted by atomic mass is 19.4. The lowest BCUT2D eigenvalue weighted by Crippen LogP contribution is -2.32. The number of hydrogen-bond acceptors (Lipinski definition) is 3. The molecule has 1 aromatic heterocycles. The van der Waals surface area contributed by atoms with Gasteiger partial charge in [0.25, 0.3) is 0 Å². The Balaban J connectivity index is 2.45. The van der Waals surface area contributed by atoms with Crippen molar-refractivity contribution >= 4 is 12.6 Å². The molecule has 3 nitrogen and oxygen atoms in total. The molecule has 7 heteroatoms. The van der Waals surface area contributed by atoms with Crippen molar-refractivity contribution in [2.45, 2.75) is 13.1 Å². The van der Waals surface area contributed by atoms with Crippen LogP contribution in [0.25, 0.3) is 11.3 Å². The van der Waals surface area contributed by atoms with Crippen LogP contribution in [-0.2, 0) is 6.18 Å². The van der Waals surface area contributed by atoms with E-state index in [1.54, 1.807) is 6.92 Å². The first-order valence-corrected chi connectivity index (χ1v) is 5.80. The van der Waals surface area contributed by atoms with Crippen molar-refractivity contribution in [3.05, 3.63) is 47.7 Å². The summed E-state index contributed by atoms with van der Waals surface area (Å²) in [5, 5.41) is 18.4. The van der Waals surface area contributed by atoms with Gasteiger partial charge in [0.05, 0.1) is 11.3 Å². The molecule has 0 saturated carbocycles. The second-order valence-electron chi connectivity index (χ2n) is 4.32. The van der Waals surface area contributed by atoms with Crippen LogP contribution in [0.5, 0.6) is 0 Å². The van der Waals surface area contributed by atoms with Crippen molar-refractivity contribution in [3.63, 3.8) is 0 Å². The zero-order chi connectivity index (χ0) is 14.9. The van der Waals surface area contributed by atoms with E-state index in [0.29, 0.717) is 16.8 Å². The van der Waals surface area contributed by atoms with Gasteiger partial charge in [-0.1, -0.05) is 12.1 Å². The van der Waals surface area contributed by atoms with E-state index in [4.69, 9.17) is 0 Å². The first-order valence-electron chi connectivity index (χ1n) is 5.80. The Morgan fingerprint density at radius 2 is 1.65 bits per heavy atom. The number of pyridine rings is 1. The fourth-order valence-electron chi connectivity index (χ4n) is 1.94. The lowest BCUT2D eigenvalue weighted by Gasteiger charge is -2.11. The predicted molar refractivity (Wildman–Crippen MR) is 69.2 cm³/mol. The smallest absolute Gasteiger partial charge is 0.423 e. The average Bonchev–Trinajstić information content (AvgIpc) is 2.38. The number of nitrogens with zero attached hydrogens (tertiary/aromatic N) is 1. The van der Waals surface area contributed by atoms with Gasteiger partial charge < -0.3 is 10.0 Å². The maximum atomic E-state index is 12.5. The lowest BCUT2D eigenvalue weighted by molar-refractivity contribution is -0.137. The highest BCUT2D eigenvalue weighted by Gasteiger charge is 2.30. The van der Waals surface area contributed by atoms with Crippen LogP contribution >= 0.6 is 0 Å². The van der Waals surface area contributed by atoms with Crippen molar-refractivity contribution in [2.75, 3.05) is 0 Å². The third-order valence-corrected chi connectivity index (χ3v) is 3.01. The number of alkyl halides is 3. The van der Waals surface area contributed by atoms with Gasteiger partial charge >= 0.3 is 13.3 Å². The summed E-state index contributed by atoms with van der Waals surface area (Å²) in [6, 6.07) is 6.02. The van der Waals surface area contributed by atoms with Gasteiger partial charge in [0.1, 0.15) is 0 Å². The van der Waals surface area contributed by atoms with Crippen molar-refractivity contribution in [2.24, 2.45) is 0 Å². The predicted octanol–water partition coefficient (Wildman–Crippen LogP) is 1.76. The molecule has 0 radical (unpaired) electrons. The molecule has 2 N–H and O–H groups in total. The molecule has 2 rings (SSSR count). The molecule has 0 aliphatic carbocycles. The molecule has 2 aromatic rings. The summed E-state index contributed by atoms with van der Waals surface area (Å²) in [5.74, 6) is 0. The number of rotatable bonds is 2. The Bertz CT molecular complexity index is 612. The zero-order valence-corrected chi connectivity index (χ0v) is 10.5. The topological polar surface area (TPSA) is 53.4 Å². The van der Waals surface area contributed by atoms with E-state index >= 15 is 0 Å². The summed E-state index contributed by atoms with van der Waals surface area (Å²) in [5.41, 5.74) is 0.955. The number of halogens is 3. The van der Waals surface area contributed by atoms with Gasteiger partial charge in [-0.15, -0.1) is 0 Å². The van der Waals surface area contributed by atoms with E-state index in [1.165, 1.54) is 24.4 Å². The normalized spacial score (nSPS) is 11.5. The van der Waals surface area contributed by atoms with Crippen LogP contribution in [0.2, 0.25) is 0 Å². The summed E-state index contributed by atoms with van der Waals surface area (Å²) in [4.78, 5) is 4.08. The van der Waals surface area contributed by atoms with Crippen molar-refractivity contribution in [1.29, 1.82) is 0 Å². The maximum Gasteiger partial charge on any atom is 0.488 e. The summed E-state index contributed by atoms with van der Waals surface area (Å²) in [6.07, 6.45) is -3.00. The standard InChI is InChI=1S/C13H11BF3NO2/c1-8-11(14(19)20)6-7-18-12(8)9-2-4-10(5-3-9)13(15,16)17/h2-7,19-20H,1H3. The summed E-state index contributed by atoms with van der Waals surface area (Å²) in [6.45, 7) is 1.63. The van der Waals surface area contributed by atoms with Gasteiger partial charge in [-0.25, -0.2) is 0 Å². The molecule has 0 aliphatic rings. The van der Waals surface area contributed by atoms with Crippen molar-refractivity contribution in [1.82, 2.24) is 4.98 Å². The summed E-state index contributed by atoms with van der Waals surface area (Å²) < 4.78 is 37.5.